The molecular formula is C19H18F2O2. The fourth-order valence-electron chi connectivity index (χ4n) is 3.49. The summed E-state index contributed by atoms with van der Waals surface area (Å²) in [6.07, 6.45) is 3.23. The molecule has 0 amide bonds. The zero-order chi connectivity index (χ0) is 15.8. The number of halogens is 2. The van der Waals surface area contributed by atoms with Crippen LogP contribution in [-0.4, -0.2) is 12.2 Å². The molecule has 0 radical (unpaired) electrons. The first-order chi connectivity index (χ1) is 11.2. The summed E-state index contributed by atoms with van der Waals surface area (Å²) in [7, 11) is 0. The second kappa shape index (κ2) is 5.84. The molecule has 120 valence electrons. The molecule has 2 aliphatic rings. The summed E-state index contributed by atoms with van der Waals surface area (Å²) in [5.41, 5.74) is 1.59. The number of hydrogen-bond donors (Lipinski definition) is 0. The second-order valence-electron chi connectivity index (χ2n) is 6.28. The van der Waals surface area contributed by atoms with Crippen LogP contribution in [-0.2, 0) is 12.8 Å². The summed E-state index contributed by atoms with van der Waals surface area (Å²) in [6, 6.07) is 9.93. The molecule has 0 aromatic heterocycles. The third-order valence-corrected chi connectivity index (χ3v) is 4.61. The van der Waals surface area contributed by atoms with Crippen LogP contribution in [0.25, 0.3) is 0 Å². The van der Waals surface area contributed by atoms with Gasteiger partial charge in [-0.05, 0) is 31.4 Å². The van der Waals surface area contributed by atoms with Gasteiger partial charge in [0.1, 0.15) is 12.2 Å². The first-order valence-corrected chi connectivity index (χ1v) is 8.09. The number of benzene rings is 2. The molecule has 0 fully saturated rings. The largest absolute Gasteiger partial charge is 0.487 e. The van der Waals surface area contributed by atoms with Crippen molar-refractivity contribution in [3.05, 3.63) is 59.2 Å². The highest BCUT2D eigenvalue weighted by Crippen LogP contribution is 2.35. The van der Waals surface area contributed by atoms with E-state index in [2.05, 4.69) is 0 Å². The van der Waals surface area contributed by atoms with Gasteiger partial charge in [-0.3, -0.25) is 0 Å². The lowest BCUT2D eigenvalue weighted by Crippen LogP contribution is -2.23. The van der Waals surface area contributed by atoms with Gasteiger partial charge >= 0.3 is 0 Å². The van der Waals surface area contributed by atoms with Crippen LogP contribution in [0.2, 0.25) is 0 Å². The Balaban J connectivity index is 1.82. The Morgan fingerprint density at radius 1 is 0.739 bits per heavy atom. The standard InChI is InChI=1S/C19H18F2O2/c20-16-8-1-4-12-10-14-6-3-7-15(22-18(12)16)11-13-5-2-9-17(21)19(13)23-14/h1-2,4-5,8-9,14-15H,3,6-7,10-11H2/t14-,15?/m0/s1. The summed E-state index contributed by atoms with van der Waals surface area (Å²) in [6.45, 7) is 0. The van der Waals surface area contributed by atoms with Crippen LogP contribution in [0.15, 0.2) is 36.4 Å². The van der Waals surface area contributed by atoms with Crippen molar-refractivity contribution in [3.8, 4) is 11.5 Å². The highest BCUT2D eigenvalue weighted by molar-refractivity contribution is 5.39. The summed E-state index contributed by atoms with van der Waals surface area (Å²) >= 11 is 0. The van der Waals surface area contributed by atoms with Crippen molar-refractivity contribution in [1.82, 2.24) is 0 Å². The minimum absolute atomic E-state index is 0.174. The zero-order valence-electron chi connectivity index (χ0n) is 12.7. The molecule has 4 rings (SSSR count). The zero-order valence-corrected chi connectivity index (χ0v) is 12.7. The number of fused-ring (bicyclic) bond motifs is 6. The van der Waals surface area contributed by atoms with Crippen LogP contribution in [0.5, 0.6) is 11.5 Å². The van der Waals surface area contributed by atoms with Gasteiger partial charge in [-0.1, -0.05) is 24.3 Å². The van der Waals surface area contributed by atoms with Crippen LogP contribution in [0, 0.1) is 11.6 Å². The fourth-order valence-corrected chi connectivity index (χ4v) is 3.49. The Morgan fingerprint density at radius 3 is 1.70 bits per heavy atom. The topological polar surface area (TPSA) is 18.5 Å². The fraction of sp³-hybridized carbons (Fsp3) is 0.368. The lowest BCUT2D eigenvalue weighted by Gasteiger charge is -2.24. The maximum atomic E-state index is 14.2. The molecule has 0 spiro atoms. The minimum Gasteiger partial charge on any atom is -0.487 e. The van der Waals surface area contributed by atoms with Crippen LogP contribution in [0.4, 0.5) is 8.78 Å². The van der Waals surface area contributed by atoms with Crippen LogP contribution in [0.1, 0.15) is 30.4 Å². The van der Waals surface area contributed by atoms with Gasteiger partial charge in [0.05, 0.1) is 0 Å². The molecular weight excluding hydrogens is 298 g/mol. The van der Waals surface area contributed by atoms with Crippen molar-refractivity contribution in [1.29, 1.82) is 0 Å². The lowest BCUT2D eigenvalue weighted by molar-refractivity contribution is 0.179. The Kier molecular flexibility index (Phi) is 3.68. The number of hydrogen-bond acceptors (Lipinski definition) is 2. The molecule has 2 nitrogen and oxygen atoms in total. The molecule has 4 heteroatoms. The molecule has 0 saturated carbocycles. The highest BCUT2D eigenvalue weighted by atomic mass is 19.1. The predicted octanol–water partition coefficient (Wildman–Crippen LogP) is 4.44. The Morgan fingerprint density at radius 2 is 1.22 bits per heavy atom. The second-order valence-corrected chi connectivity index (χ2v) is 6.28. The molecule has 2 bridgehead atoms. The van der Waals surface area contributed by atoms with E-state index in [0.717, 1.165) is 30.4 Å². The summed E-state index contributed by atoms with van der Waals surface area (Å²) < 4.78 is 40.4. The van der Waals surface area contributed by atoms with Crippen molar-refractivity contribution >= 4 is 0 Å². The predicted molar refractivity (Wildman–Crippen MR) is 82.9 cm³/mol. The van der Waals surface area contributed by atoms with Gasteiger partial charge in [0.2, 0.25) is 0 Å². The maximum Gasteiger partial charge on any atom is 0.165 e. The van der Waals surface area contributed by atoms with Gasteiger partial charge in [-0.2, -0.15) is 0 Å². The Bertz CT molecular complexity index is 668. The summed E-state index contributed by atoms with van der Waals surface area (Å²) in [4.78, 5) is 0. The van der Waals surface area contributed by atoms with Gasteiger partial charge in [0, 0.05) is 24.0 Å². The molecule has 0 aliphatic carbocycles. The molecule has 0 N–H and O–H groups in total. The van der Waals surface area contributed by atoms with Gasteiger partial charge in [0.15, 0.2) is 23.1 Å². The van der Waals surface area contributed by atoms with E-state index in [-0.39, 0.29) is 23.8 Å². The van der Waals surface area contributed by atoms with Crippen LogP contribution < -0.4 is 9.47 Å². The lowest BCUT2D eigenvalue weighted by atomic mass is 10.0. The van der Waals surface area contributed by atoms with Crippen LogP contribution >= 0.6 is 0 Å². The van der Waals surface area contributed by atoms with E-state index in [1.54, 1.807) is 12.1 Å². The maximum absolute atomic E-state index is 14.2. The van der Waals surface area contributed by atoms with E-state index < -0.39 is 0 Å². The van der Waals surface area contributed by atoms with Gasteiger partial charge in [-0.15, -0.1) is 0 Å². The number of ether oxygens (including phenoxy) is 2. The molecule has 0 saturated heterocycles. The van der Waals surface area contributed by atoms with Crippen molar-refractivity contribution in [2.75, 3.05) is 0 Å². The highest BCUT2D eigenvalue weighted by Gasteiger charge is 2.28. The van der Waals surface area contributed by atoms with Gasteiger partial charge in [-0.25, -0.2) is 8.78 Å². The number of para-hydroxylation sites is 2. The molecule has 2 heterocycles. The first kappa shape index (κ1) is 14.5. The van der Waals surface area contributed by atoms with Gasteiger partial charge < -0.3 is 9.47 Å². The third kappa shape index (κ3) is 2.78. The Labute approximate surface area is 134 Å². The average Bonchev–Trinajstić information content (AvgIpc) is 2.66. The van der Waals surface area contributed by atoms with E-state index in [1.807, 2.05) is 12.1 Å². The van der Waals surface area contributed by atoms with Crippen molar-refractivity contribution in [2.45, 2.75) is 44.3 Å². The van der Waals surface area contributed by atoms with Crippen molar-refractivity contribution in [2.24, 2.45) is 0 Å². The summed E-state index contributed by atoms with van der Waals surface area (Å²) in [5, 5.41) is 0. The van der Waals surface area contributed by atoms with E-state index in [1.165, 1.54) is 12.1 Å². The molecule has 2 atom stereocenters. The summed E-state index contributed by atoms with van der Waals surface area (Å²) in [5.74, 6) is -0.0258. The quantitative estimate of drug-likeness (QED) is 0.715. The van der Waals surface area contributed by atoms with Gasteiger partial charge in [0.25, 0.3) is 0 Å². The normalized spacial score (nSPS) is 23.0. The monoisotopic (exact) mass is 316 g/mol. The molecule has 23 heavy (non-hydrogen) atoms. The first-order valence-electron chi connectivity index (χ1n) is 8.09. The molecule has 1 unspecified atom stereocenters. The van der Waals surface area contributed by atoms with Crippen molar-refractivity contribution in [3.63, 3.8) is 0 Å². The minimum atomic E-state index is -0.340. The van der Waals surface area contributed by atoms with Crippen LogP contribution in [0.3, 0.4) is 0 Å². The molecule has 2 aromatic rings. The van der Waals surface area contributed by atoms with E-state index >= 15 is 0 Å². The average molecular weight is 316 g/mol. The van der Waals surface area contributed by atoms with E-state index in [0.29, 0.717) is 24.3 Å². The Hall–Kier alpha value is -2.10. The molecule has 2 aromatic carbocycles. The number of rotatable bonds is 0. The third-order valence-electron chi connectivity index (χ3n) is 4.61. The molecule has 2 aliphatic heterocycles. The van der Waals surface area contributed by atoms with E-state index in [4.69, 9.17) is 9.47 Å². The van der Waals surface area contributed by atoms with Crippen molar-refractivity contribution < 1.29 is 18.3 Å². The SMILES string of the molecule is Fc1cccc2c1OC1CCC[C@@H](C2)Oc2c(F)cccc2C1. The van der Waals surface area contributed by atoms with E-state index in [9.17, 15) is 8.78 Å². The smallest absolute Gasteiger partial charge is 0.165 e.